The number of carbonyl (C=O) groups is 1. The van der Waals surface area contributed by atoms with Crippen LogP contribution in [0.1, 0.15) is 32.0 Å². The number of carbonyl (C=O) groups excluding carboxylic acids is 1. The second kappa shape index (κ2) is 12.8. The fourth-order valence-electron chi connectivity index (χ4n) is 1.85. The molecule has 0 aliphatic heterocycles. The Hall–Kier alpha value is -2.74. The van der Waals surface area contributed by atoms with Gasteiger partial charge < -0.3 is 0 Å². The van der Waals surface area contributed by atoms with Crippen molar-refractivity contribution in [2.24, 2.45) is 0 Å². The molecule has 2 nitrogen and oxygen atoms in total. The van der Waals surface area contributed by atoms with Crippen molar-refractivity contribution in [1.29, 1.82) is 0 Å². The Morgan fingerprint density at radius 2 is 1.83 bits per heavy atom. The van der Waals surface area contributed by atoms with Crippen molar-refractivity contribution in [2.75, 3.05) is 0 Å². The van der Waals surface area contributed by atoms with E-state index in [4.69, 9.17) is 0 Å². The maximum absolute atomic E-state index is 12.1. The minimum Gasteiger partial charge on any atom is -0.294 e. The van der Waals surface area contributed by atoms with Crippen LogP contribution in [-0.2, 0) is 11.2 Å². The van der Waals surface area contributed by atoms with Crippen LogP contribution in [0.25, 0.3) is 5.57 Å². The second-order valence-corrected chi connectivity index (χ2v) is 4.55. The molecule has 1 aromatic rings. The van der Waals surface area contributed by atoms with Crippen molar-refractivity contribution in [1.82, 2.24) is 4.98 Å². The molecule has 2 heteroatoms. The zero-order valence-electron chi connectivity index (χ0n) is 15.0. The molecule has 1 rings (SSSR count). The van der Waals surface area contributed by atoms with Crippen LogP contribution in [-0.4, -0.2) is 10.8 Å². The van der Waals surface area contributed by atoms with Gasteiger partial charge in [-0.2, -0.15) is 0 Å². The summed E-state index contributed by atoms with van der Waals surface area (Å²) in [5.41, 5.74) is 3.22. The Morgan fingerprint density at radius 1 is 1.12 bits per heavy atom. The Kier molecular flexibility index (Phi) is 11.3. The molecular formula is C22H27NO. The van der Waals surface area contributed by atoms with Crippen molar-refractivity contribution in [2.45, 2.75) is 27.2 Å². The third-order valence-electron chi connectivity index (χ3n) is 3.03. The molecule has 0 atom stereocenters. The van der Waals surface area contributed by atoms with Gasteiger partial charge in [0.2, 0.25) is 0 Å². The number of rotatable bonds is 8. The first-order valence-corrected chi connectivity index (χ1v) is 8.05. The van der Waals surface area contributed by atoms with E-state index in [2.05, 4.69) is 24.7 Å². The highest BCUT2D eigenvalue weighted by molar-refractivity contribution is 5.99. The molecule has 0 unspecified atom stereocenters. The Balaban J connectivity index is 0.00000254. The summed E-state index contributed by atoms with van der Waals surface area (Å²) >= 11 is 0. The number of allylic oxidation sites excluding steroid dienone is 9. The average molecular weight is 321 g/mol. The first-order valence-electron chi connectivity index (χ1n) is 8.05. The van der Waals surface area contributed by atoms with E-state index in [9.17, 15) is 4.79 Å². The molecule has 0 radical (unpaired) electrons. The molecule has 1 heterocycles. The summed E-state index contributed by atoms with van der Waals surface area (Å²) < 4.78 is 0. The number of ketones is 1. The molecule has 0 amide bonds. The van der Waals surface area contributed by atoms with Crippen molar-refractivity contribution in [3.05, 3.63) is 97.4 Å². The van der Waals surface area contributed by atoms with Crippen LogP contribution < -0.4 is 0 Å². The molecule has 0 spiro atoms. The number of aromatic nitrogens is 1. The molecule has 126 valence electrons. The Bertz CT molecular complexity index is 643. The molecule has 0 aliphatic rings. The molecule has 1 aromatic heterocycles. The average Bonchev–Trinajstić information content (AvgIpc) is 2.63. The summed E-state index contributed by atoms with van der Waals surface area (Å²) in [7, 11) is 0. The monoisotopic (exact) mass is 321 g/mol. The topological polar surface area (TPSA) is 30.0 Å². The van der Waals surface area contributed by atoms with Gasteiger partial charge in [0.15, 0.2) is 5.78 Å². The van der Waals surface area contributed by atoms with Gasteiger partial charge in [-0.1, -0.05) is 82.2 Å². The van der Waals surface area contributed by atoms with E-state index in [1.54, 1.807) is 24.4 Å². The van der Waals surface area contributed by atoms with E-state index >= 15 is 0 Å². The second-order valence-electron chi connectivity index (χ2n) is 4.55. The van der Waals surface area contributed by atoms with Crippen LogP contribution in [0, 0.1) is 0 Å². The predicted molar refractivity (Wildman–Crippen MR) is 106 cm³/mol. The summed E-state index contributed by atoms with van der Waals surface area (Å²) in [6, 6.07) is 3.80. The van der Waals surface area contributed by atoms with Crippen LogP contribution >= 0.6 is 0 Å². The first kappa shape index (κ1) is 21.3. The van der Waals surface area contributed by atoms with Crippen LogP contribution in [0.15, 0.2) is 86.2 Å². The van der Waals surface area contributed by atoms with Crippen LogP contribution in [0.3, 0.4) is 0 Å². The minimum atomic E-state index is -0.0245. The van der Waals surface area contributed by atoms with Gasteiger partial charge in [0.05, 0.1) is 6.42 Å². The lowest BCUT2D eigenvalue weighted by Gasteiger charge is -2.04. The smallest absolute Gasteiger partial charge is 0.168 e. The van der Waals surface area contributed by atoms with Gasteiger partial charge in [-0.15, -0.1) is 0 Å². The van der Waals surface area contributed by atoms with E-state index in [0.717, 1.165) is 16.8 Å². The Morgan fingerprint density at radius 3 is 2.29 bits per heavy atom. The van der Waals surface area contributed by atoms with E-state index in [1.807, 2.05) is 51.1 Å². The fourth-order valence-corrected chi connectivity index (χ4v) is 1.85. The molecule has 0 N–H and O–H groups in total. The lowest BCUT2D eigenvalue weighted by molar-refractivity contribution is -0.114. The minimum absolute atomic E-state index is 0.0245. The lowest BCUT2D eigenvalue weighted by Crippen LogP contribution is -2.06. The molecule has 0 fully saturated rings. The molecule has 0 aromatic carbocycles. The number of nitrogens with zero attached hydrogens (tertiary/aromatic N) is 1. The highest BCUT2D eigenvalue weighted by Crippen LogP contribution is 2.15. The van der Waals surface area contributed by atoms with Crippen molar-refractivity contribution in [3.8, 4) is 0 Å². The molecule has 0 saturated heterocycles. The maximum Gasteiger partial charge on any atom is 0.168 e. The SMILES string of the molecule is C=C/C=C(\C=C)C(=O)Cc1ccc(/C(C=C)=C/C=C\C)cn1.CC. The van der Waals surface area contributed by atoms with Gasteiger partial charge in [-0.3, -0.25) is 9.78 Å². The van der Waals surface area contributed by atoms with Gasteiger partial charge in [-0.05, 0) is 24.1 Å². The number of hydrogen-bond acceptors (Lipinski definition) is 2. The zero-order valence-corrected chi connectivity index (χ0v) is 15.0. The highest BCUT2D eigenvalue weighted by Gasteiger charge is 2.08. The van der Waals surface area contributed by atoms with E-state index in [0.29, 0.717) is 5.57 Å². The van der Waals surface area contributed by atoms with Crippen molar-refractivity contribution >= 4 is 11.4 Å². The van der Waals surface area contributed by atoms with Crippen LogP contribution in [0.5, 0.6) is 0 Å². The largest absolute Gasteiger partial charge is 0.294 e. The van der Waals surface area contributed by atoms with Crippen molar-refractivity contribution < 1.29 is 4.79 Å². The molecule has 0 aliphatic carbocycles. The first-order chi connectivity index (χ1) is 11.7. The van der Waals surface area contributed by atoms with E-state index < -0.39 is 0 Å². The molecule has 0 saturated carbocycles. The quantitative estimate of drug-likeness (QED) is 0.456. The summed E-state index contributed by atoms with van der Waals surface area (Å²) in [6.45, 7) is 17.0. The van der Waals surface area contributed by atoms with Gasteiger partial charge >= 0.3 is 0 Å². The molecule has 0 bridgehead atoms. The summed E-state index contributed by atoms with van der Waals surface area (Å²) in [4.78, 5) is 16.4. The van der Waals surface area contributed by atoms with Gasteiger partial charge in [0.25, 0.3) is 0 Å². The van der Waals surface area contributed by atoms with Gasteiger partial charge in [-0.25, -0.2) is 0 Å². The zero-order chi connectivity index (χ0) is 18.4. The normalized spacial score (nSPS) is 11.5. The fraction of sp³-hybridized carbons (Fsp3) is 0.182. The van der Waals surface area contributed by atoms with Crippen LogP contribution in [0.2, 0.25) is 0 Å². The molecular weight excluding hydrogens is 294 g/mol. The number of Topliss-reactive ketones (excluding diaryl/α,β-unsaturated/α-hetero) is 1. The molecule has 24 heavy (non-hydrogen) atoms. The van der Waals surface area contributed by atoms with Gasteiger partial charge in [0.1, 0.15) is 0 Å². The summed E-state index contributed by atoms with van der Waals surface area (Å²) in [6.07, 6.45) is 14.4. The van der Waals surface area contributed by atoms with E-state index in [-0.39, 0.29) is 12.2 Å². The summed E-state index contributed by atoms with van der Waals surface area (Å²) in [5, 5.41) is 0. The van der Waals surface area contributed by atoms with Crippen molar-refractivity contribution in [3.63, 3.8) is 0 Å². The summed E-state index contributed by atoms with van der Waals surface area (Å²) in [5.74, 6) is -0.0245. The van der Waals surface area contributed by atoms with Gasteiger partial charge in [0, 0.05) is 17.5 Å². The lowest BCUT2D eigenvalue weighted by atomic mass is 10.0. The van der Waals surface area contributed by atoms with Crippen LogP contribution in [0.4, 0.5) is 0 Å². The Labute approximate surface area is 146 Å². The maximum atomic E-state index is 12.1. The van der Waals surface area contributed by atoms with E-state index in [1.165, 1.54) is 6.08 Å². The third-order valence-corrected chi connectivity index (χ3v) is 3.03. The third kappa shape index (κ3) is 7.01. The number of pyridine rings is 1. The highest BCUT2D eigenvalue weighted by atomic mass is 16.1. The predicted octanol–water partition coefficient (Wildman–Crippen LogP) is 5.66. The number of hydrogen-bond donors (Lipinski definition) is 0. The standard InChI is InChI=1S/C20H21NO.C2H6/c1-5-9-11-16(7-3)18-12-13-19(21-15-18)14-20(22)17(8-4)10-6-2;1-2/h5-13,15H,2-4,14H2,1H3;1-2H3/b9-5-,16-11+,17-10+;.